The molecule has 21 aliphatic rings. The third-order valence-electron chi connectivity index (χ3n) is 14.6. The van der Waals surface area contributed by atoms with Crippen LogP contribution in [0.15, 0.2) is 0 Å². The minimum Gasteiger partial charge on any atom is -0.394 e. The molecule has 14 bridgehead atoms. The van der Waals surface area contributed by atoms with Gasteiger partial charge in [0.2, 0.25) is 0 Å². The fourth-order valence-electron chi connectivity index (χ4n) is 10.4. The minimum absolute atomic E-state index is 0.491. The number of hydrogen-bond acceptors (Lipinski definition) is 33. The monoisotopic (exact) mass is 1100 g/mol. The van der Waals surface area contributed by atoms with Gasteiger partial charge in [-0.3, -0.25) is 0 Å². The maximum absolute atomic E-state index is 11.3. The molecule has 0 aliphatic carbocycles. The quantitative estimate of drug-likeness (QED) is 0.117. The molecule has 0 radical (unpaired) electrons. The van der Waals surface area contributed by atoms with Gasteiger partial charge in [0.15, 0.2) is 44.0 Å². The van der Waals surface area contributed by atoms with E-state index in [2.05, 4.69) is 0 Å². The lowest BCUT2D eigenvalue weighted by atomic mass is 9.95. The average Bonchev–Trinajstić information content (AvgIpc) is 3.39. The molecule has 33 heteroatoms. The number of hydrogen-bond donors (Lipinski definition) is 19. The van der Waals surface area contributed by atoms with Gasteiger partial charge in [0.05, 0.1) is 51.8 Å². The molecule has 21 saturated heterocycles. The Kier molecular flexibility index (Phi) is 20.1. The standard InChI is InChI=1S/C42H70O33/c1-9-30-18(50)24(56)37(62-9)72-32-15(6-46)68-41(28(60)22(32)54)75-35-17(8-48)69-42(29(61)23(35)55)73-33-14(5-45)65-38(25(57)19(33)51)63-11-2-10(49)36(64-12(11)3-43)71-31-13(4-44)67-40(27(59)20(31)52)74-34-16(7-47)66-39(70-30)26(58)21(34)53/h9-61H,2-8H2,1H3/t9?,10?,11-,12?,13?,14?,15?,16?,17?,18+,19+,20+,21+,22+,23+,24?,25?,26?,27?,28?,29?,30-,31-,32-,33-,34-,35-,36-,37-,38+,39-,40-,41-,42-/m0/s1. The Hall–Kier alpha value is -1.32. The summed E-state index contributed by atoms with van der Waals surface area (Å²) in [5, 5.41) is 208. The summed E-state index contributed by atoms with van der Waals surface area (Å²) in [5.74, 6) is 0. The molecular formula is C42H70O33. The summed E-state index contributed by atoms with van der Waals surface area (Å²) < 4.78 is 80.4. The van der Waals surface area contributed by atoms with Gasteiger partial charge in [-0.1, -0.05) is 0 Å². The second-order valence-corrected chi connectivity index (χ2v) is 19.5. The minimum atomic E-state index is -2.15. The predicted octanol–water partition coefficient (Wildman–Crippen LogP) is -13.2. The molecule has 21 aliphatic heterocycles. The molecule has 21 heterocycles. The van der Waals surface area contributed by atoms with Crippen LogP contribution in [0.5, 0.6) is 0 Å². The second kappa shape index (κ2) is 25.2. The number of aliphatic hydroxyl groups excluding tert-OH is 19. The molecule has 0 saturated carbocycles. The van der Waals surface area contributed by atoms with Crippen LogP contribution >= 0.6 is 0 Å². The highest BCUT2D eigenvalue weighted by Gasteiger charge is 2.58. The van der Waals surface area contributed by atoms with Crippen LogP contribution in [-0.4, -0.2) is 346 Å². The van der Waals surface area contributed by atoms with Gasteiger partial charge in [-0.05, 0) is 6.92 Å². The fraction of sp³-hybridized carbons (Fsp3) is 1.00. The first kappa shape index (κ1) is 59.8. The molecule has 0 aromatic heterocycles. The van der Waals surface area contributed by atoms with Crippen LogP contribution in [0.25, 0.3) is 0 Å². The van der Waals surface area contributed by atoms with E-state index in [1.54, 1.807) is 0 Å². The molecule has 0 spiro atoms. The molecule has 33 nitrogen and oxygen atoms in total. The first-order valence-corrected chi connectivity index (χ1v) is 24.4. The summed E-state index contributed by atoms with van der Waals surface area (Å²) in [6.07, 6.45) is -63.5. The van der Waals surface area contributed by atoms with Gasteiger partial charge >= 0.3 is 0 Å². The van der Waals surface area contributed by atoms with Crippen molar-refractivity contribution in [1.82, 2.24) is 0 Å². The molecule has 19 N–H and O–H groups in total. The highest BCUT2D eigenvalue weighted by Crippen LogP contribution is 2.38. The molecule has 75 heavy (non-hydrogen) atoms. The Balaban J connectivity index is 1.06. The van der Waals surface area contributed by atoms with E-state index in [1.807, 2.05) is 0 Å². The van der Waals surface area contributed by atoms with Gasteiger partial charge < -0.3 is 163 Å². The number of rotatable bonds is 6. The highest BCUT2D eigenvalue weighted by molar-refractivity contribution is 5.00. The zero-order valence-electron chi connectivity index (χ0n) is 39.8. The van der Waals surface area contributed by atoms with E-state index >= 15 is 0 Å². The van der Waals surface area contributed by atoms with Gasteiger partial charge in [0.25, 0.3) is 0 Å². The van der Waals surface area contributed by atoms with E-state index in [0.29, 0.717) is 0 Å². The Morgan fingerprint density at radius 2 is 0.480 bits per heavy atom. The largest absolute Gasteiger partial charge is 0.394 e. The van der Waals surface area contributed by atoms with Crippen molar-refractivity contribution in [3.05, 3.63) is 0 Å². The van der Waals surface area contributed by atoms with Crippen molar-refractivity contribution >= 4 is 0 Å². The summed E-state index contributed by atoms with van der Waals surface area (Å²) in [5.41, 5.74) is 0. The van der Waals surface area contributed by atoms with Crippen molar-refractivity contribution in [2.24, 2.45) is 0 Å². The maximum atomic E-state index is 11.3. The molecule has 34 atom stereocenters. The van der Waals surface area contributed by atoms with Crippen LogP contribution in [0.1, 0.15) is 13.3 Å². The lowest BCUT2D eigenvalue weighted by molar-refractivity contribution is -0.395. The summed E-state index contributed by atoms with van der Waals surface area (Å²) in [7, 11) is 0. The van der Waals surface area contributed by atoms with Crippen LogP contribution in [-0.2, 0) is 66.3 Å². The van der Waals surface area contributed by atoms with Crippen molar-refractivity contribution in [3.8, 4) is 0 Å². The first-order valence-electron chi connectivity index (χ1n) is 24.4. The predicted molar refractivity (Wildman–Crippen MR) is 226 cm³/mol. The Bertz CT molecular complexity index is 1770. The lowest BCUT2D eigenvalue weighted by Gasteiger charge is -2.49. The highest BCUT2D eigenvalue weighted by atomic mass is 16.8. The van der Waals surface area contributed by atoms with E-state index in [9.17, 15) is 97.0 Å². The third-order valence-corrected chi connectivity index (χ3v) is 14.6. The normalized spacial score (nSPS) is 55.5. The second-order valence-electron chi connectivity index (χ2n) is 19.5. The summed E-state index contributed by atoms with van der Waals surface area (Å²) >= 11 is 0. The topological polar surface area (TPSA) is 514 Å². The van der Waals surface area contributed by atoms with Crippen molar-refractivity contribution in [2.45, 2.75) is 222 Å². The first-order chi connectivity index (χ1) is 35.7. The number of ether oxygens (including phenoxy) is 14. The van der Waals surface area contributed by atoms with Crippen LogP contribution in [0.4, 0.5) is 0 Å². The Morgan fingerprint density at radius 1 is 0.253 bits per heavy atom. The van der Waals surface area contributed by atoms with Crippen LogP contribution < -0.4 is 0 Å². The van der Waals surface area contributed by atoms with Crippen LogP contribution in [0, 0.1) is 0 Å². The summed E-state index contributed by atoms with van der Waals surface area (Å²) in [4.78, 5) is 0. The smallest absolute Gasteiger partial charge is 0.187 e. The van der Waals surface area contributed by atoms with Gasteiger partial charge in [-0.15, -0.1) is 0 Å². The van der Waals surface area contributed by atoms with Crippen molar-refractivity contribution in [2.75, 3.05) is 39.6 Å². The van der Waals surface area contributed by atoms with E-state index in [1.165, 1.54) is 6.92 Å². The van der Waals surface area contributed by atoms with Crippen LogP contribution in [0.2, 0.25) is 0 Å². The lowest BCUT2D eigenvalue weighted by Crippen LogP contribution is -2.68. The van der Waals surface area contributed by atoms with Gasteiger partial charge in [0.1, 0.15) is 153 Å². The number of aliphatic hydroxyl groups is 19. The summed E-state index contributed by atoms with van der Waals surface area (Å²) in [6.45, 7) is -4.45. The van der Waals surface area contributed by atoms with E-state index in [0.717, 1.165) is 0 Å². The molecular weight excluding hydrogens is 1030 g/mol. The zero-order valence-corrected chi connectivity index (χ0v) is 39.8. The third kappa shape index (κ3) is 11.9. The molecule has 0 aromatic rings. The van der Waals surface area contributed by atoms with E-state index in [4.69, 9.17) is 66.3 Å². The molecule has 14 unspecified atom stereocenters. The van der Waals surface area contributed by atoms with Crippen molar-refractivity contribution in [3.63, 3.8) is 0 Å². The molecule has 21 fully saturated rings. The van der Waals surface area contributed by atoms with Gasteiger partial charge in [-0.25, -0.2) is 0 Å². The Morgan fingerprint density at radius 3 is 0.773 bits per heavy atom. The van der Waals surface area contributed by atoms with E-state index < -0.39 is 255 Å². The zero-order chi connectivity index (χ0) is 54.5. The maximum Gasteiger partial charge on any atom is 0.187 e. The average molecular weight is 1100 g/mol. The molecule has 0 aromatic carbocycles. The summed E-state index contributed by atoms with van der Waals surface area (Å²) in [6, 6.07) is 0. The molecule has 436 valence electrons. The van der Waals surface area contributed by atoms with Gasteiger partial charge in [0, 0.05) is 6.42 Å². The van der Waals surface area contributed by atoms with Crippen molar-refractivity contribution < 1.29 is 163 Å². The Labute approximate surface area is 424 Å². The molecule has 0 amide bonds. The van der Waals surface area contributed by atoms with E-state index in [-0.39, 0.29) is 0 Å². The van der Waals surface area contributed by atoms with Gasteiger partial charge in [-0.2, -0.15) is 0 Å². The fourth-order valence-corrected chi connectivity index (χ4v) is 10.4. The van der Waals surface area contributed by atoms with Crippen LogP contribution in [0.3, 0.4) is 0 Å². The molecule has 21 rings (SSSR count). The SMILES string of the molecule is CC1O[C@H]2O[C@H]3C(CO)O[C@@H](O[C@H]4C(CO)O[C@@H](O[C@H]5C(CO)O[C@@H](O[C@H]6CC(O)[C@@H](OC6CO)O[C@H]6C(CO)O[C@@H](O[C@H]7C(CO)O[C@@H](O[C@@H]1[C@H](O)C2O)C(O)[C@H]7O)C(O)[C@H]6O)C(O)[C@H]5O)C(O)[C@H]4O)C(O)[C@H]3O. The van der Waals surface area contributed by atoms with Crippen molar-refractivity contribution in [1.29, 1.82) is 0 Å².